The summed E-state index contributed by atoms with van der Waals surface area (Å²) in [5.74, 6) is 3.48. The Bertz CT molecular complexity index is 596. The molecule has 2 aromatic rings. The van der Waals surface area contributed by atoms with Crippen LogP contribution in [0, 0.1) is 0 Å². The lowest BCUT2D eigenvalue weighted by atomic mass is 10.1. The predicted molar refractivity (Wildman–Crippen MR) is 84.4 cm³/mol. The van der Waals surface area contributed by atoms with E-state index in [9.17, 15) is 0 Å². The van der Waals surface area contributed by atoms with E-state index in [4.69, 9.17) is 22.1 Å². The molecular weight excluding hydrogens is 294 g/mol. The van der Waals surface area contributed by atoms with Crippen LogP contribution in [0.1, 0.15) is 12.8 Å². The monoisotopic (exact) mass is 309 g/mol. The molecule has 0 amide bonds. The summed E-state index contributed by atoms with van der Waals surface area (Å²) in [6, 6.07) is 7.53. The highest BCUT2D eigenvalue weighted by atomic mass is 35.5. The molecule has 0 bridgehead atoms. The Balaban J connectivity index is 1.76. The molecule has 1 aromatic heterocycles. The molecule has 1 atom stereocenters. The van der Waals surface area contributed by atoms with Crippen molar-refractivity contribution in [3.63, 3.8) is 0 Å². The molecule has 3 rings (SSSR count). The molecule has 1 aliphatic rings. The third-order valence-corrected chi connectivity index (χ3v) is 4.73. The van der Waals surface area contributed by atoms with Crippen LogP contribution >= 0.6 is 23.4 Å². The van der Waals surface area contributed by atoms with E-state index in [-0.39, 0.29) is 6.10 Å². The molecule has 6 heteroatoms. The number of thioether (sulfide) groups is 1. The zero-order chi connectivity index (χ0) is 13.9. The van der Waals surface area contributed by atoms with Gasteiger partial charge in [0, 0.05) is 17.4 Å². The fourth-order valence-electron chi connectivity index (χ4n) is 2.23. The maximum atomic E-state index is 6.31. The number of halogens is 1. The van der Waals surface area contributed by atoms with Gasteiger partial charge >= 0.3 is 0 Å². The van der Waals surface area contributed by atoms with Gasteiger partial charge in [-0.2, -0.15) is 16.9 Å². The van der Waals surface area contributed by atoms with E-state index in [0.29, 0.717) is 10.8 Å². The molecule has 0 aliphatic carbocycles. The number of rotatable bonds is 3. The number of nitrogens with zero attached hydrogens (tertiary/aromatic N) is 1. The molecule has 106 valence electrons. The van der Waals surface area contributed by atoms with E-state index in [1.807, 2.05) is 30.0 Å². The second-order valence-corrected chi connectivity index (χ2v) is 6.37. The van der Waals surface area contributed by atoms with Gasteiger partial charge in [-0.05, 0) is 36.8 Å². The molecule has 0 saturated carbocycles. The van der Waals surface area contributed by atoms with E-state index in [0.717, 1.165) is 29.2 Å². The minimum absolute atomic E-state index is 0.264. The Morgan fingerprint density at radius 1 is 1.40 bits per heavy atom. The number of nitrogens with two attached hydrogens (primary N) is 1. The Morgan fingerprint density at radius 2 is 2.30 bits per heavy atom. The number of anilines is 1. The summed E-state index contributed by atoms with van der Waals surface area (Å²) in [6.07, 6.45) is 2.57. The number of H-pyrrole nitrogens is 1. The van der Waals surface area contributed by atoms with Gasteiger partial charge in [0.05, 0.1) is 10.7 Å². The SMILES string of the molecule is Nc1cc(-c2ccc(OC3CCCSC3)c(Cl)c2)[nH]n1. The van der Waals surface area contributed by atoms with Gasteiger partial charge in [-0.1, -0.05) is 11.6 Å². The van der Waals surface area contributed by atoms with Gasteiger partial charge in [0.1, 0.15) is 17.7 Å². The Kier molecular flexibility index (Phi) is 4.08. The highest BCUT2D eigenvalue weighted by Crippen LogP contribution is 2.32. The number of nitrogen functional groups attached to an aromatic ring is 1. The van der Waals surface area contributed by atoms with Crippen molar-refractivity contribution in [2.75, 3.05) is 17.2 Å². The van der Waals surface area contributed by atoms with Crippen molar-refractivity contribution in [3.05, 3.63) is 29.3 Å². The summed E-state index contributed by atoms with van der Waals surface area (Å²) < 4.78 is 5.98. The van der Waals surface area contributed by atoms with Crippen molar-refractivity contribution in [1.82, 2.24) is 10.2 Å². The van der Waals surface area contributed by atoms with E-state index >= 15 is 0 Å². The Morgan fingerprint density at radius 3 is 2.95 bits per heavy atom. The summed E-state index contributed by atoms with van der Waals surface area (Å²) in [5.41, 5.74) is 7.40. The first-order chi connectivity index (χ1) is 9.72. The molecule has 3 N–H and O–H groups in total. The maximum absolute atomic E-state index is 6.31. The molecular formula is C14H16ClN3OS. The first kappa shape index (κ1) is 13.6. The van der Waals surface area contributed by atoms with Gasteiger partial charge in [0.15, 0.2) is 0 Å². The largest absolute Gasteiger partial charge is 0.488 e. The van der Waals surface area contributed by atoms with Crippen molar-refractivity contribution in [3.8, 4) is 17.0 Å². The van der Waals surface area contributed by atoms with Crippen LogP contribution < -0.4 is 10.5 Å². The van der Waals surface area contributed by atoms with Crippen molar-refractivity contribution in [2.24, 2.45) is 0 Å². The molecule has 1 aliphatic heterocycles. The third kappa shape index (κ3) is 3.04. The summed E-state index contributed by atoms with van der Waals surface area (Å²) >= 11 is 8.24. The fourth-order valence-corrected chi connectivity index (χ4v) is 3.49. The average molecular weight is 310 g/mol. The number of hydrogen-bond donors (Lipinski definition) is 2. The van der Waals surface area contributed by atoms with Gasteiger partial charge in [0.25, 0.3) is 0 Å². The average Bonchev–Trinajstić information content (AvgIpc) is 2.89. The smallest absolute Gasteiger partial charge is 0.145 e. The van der Waals surface area contributed by atoms with Crippen LogP contribution in [0.25, 0.3) is 11.3 Å². The lowest BCUT2D eigenvalue weighted by Crippen LogP contribution is -2.23. The van der Waals surface area contributed by atoms with Gasteiger partial charge in [0.2, 0.25) is 0 Å². The van der Waals surface area contributed by atoms with E-state index in [1.54, 1.807) is 6.07 Å². The lowest BCUT2D eigenvalue weighted by Gasteiger charge is -2.23. The van der Waals surface area contributed by atoms with Crippen molar-refractivity contribution < 1.29 is 4.74 Å². The first-order valence-electron chi connectivity index (χ1n) is 6.57. The van der Waals surface area contributed by atoms with E-state index < -0.39 is 0 Å². The zero-order valence-electron chi connectivity index (χ0n) is 10.9. The normalized spacial score (nSPS) is 18.9. The van der Waals surface area contributed by atoms with Gasteiger partial charge in [-0.15, -0.1) is 0 Å². The third-order valence-electron chi connectivity index (χ3n) is 3.25. The molecule has 0 radical (unpaired) electrons. The van der Waals surface area contributed by atoms with Gasteiger partial charge < -0.3 is 10.5 Å². The number of hydrogen-bond acceptors (Lipinski definition) is 4. The molecule has 1 fully saturated rings. The second-order valence-electron chi connectivity index (χ2n) is 4.81. The molecule has 2 heterocycles. The summed E-state index contributed by atoms with van der Waals surface area (Å²) in [7, 11) is 0. The number of benzene rings is 1. The topological polar surface area (TPSA) is 63.9 Å². The van der Waals surface area contributed by atoms with Crippen molar-refractivity contribution >= 4 is 29.2 Å². The summed E-state index contributed by atoms with van der Waals surface area (Å²) in [4.78, 5) is 0. The molecule has 20 heavy (non-hydrogen) atoms. The second kappa shape index (κ2) is 5.97. The Labute approximate surface area is 127 Å². The van der Waals surface area contributed by atoms with Gasteiger partial charge in [-0.3, -0.25) is 5.10 Å². The number of aromatic nitrogens is 2. The van der Waals surface area contributed by atoms with Gasteiger partial charge in [-0.25, -0.2) is 0 Å². The molecule has 0 spiro atoms. The fraction of sp³-hybridized carbons (Fsp3) is 0.357. The van der Waals surface area contributed by atoms with Crippen LogP contribution in [-0.4, -0.2) is 27.8 Å². The molecule has 4 nitrogen and oxygen atoms in total. The Hall–Kier alpha value is -1.33. The zero-order valence-corrected chi connectivity index (χ0v) is 12.5. The van der Waals surface area contributed by atoms with E-state index in [2.05, 4.69) is 10.2 Å². The quantitative estimate of drug-likeness (QED) is 0.909. The van der Waals surface area contributed by atoms with E-state index in [1.165, 1.54) is 12.2 Å². The van der Waals surface area contributed by atoms with Crippen LogP contribution in [-0.2, 0) is 0 Å². The van der Waals surface area contributed by atoms with Crippen LogP contribution in [0.3, 0.4) is 0 Å². The summed E-state index contributed by atoms with van der Waals surface area (Å²) in [6.45, 7) is 0. The van der Waals surface area contributed by atoms with Crippen molar-refractivity contribution in [2.45, 2.75) is 18.9 Å². The first-order valence-corrected chi connectivity index (χ1v) is 8.11. The van der Waals surface area contributed by atoms with Crippen LogP contribution in [0.4, 0.5) is 5.82 Å². The van der Waals surface area contributed by atoms with Crippen LogP contribution in [0.2, 0.25) is 5.02 Å². The summed E-state index contributed by atoms with van der Waals surface area (Å²) in [5, 5.41) is 7.40. The molecule has 1 aromatic carbocycles. The number of ether oxygens (including phenoxy) is 1. The van der Waals surface area contributed by atoms with Crippen LogP contribution in [0.5, 0.6) is 5.75 Å². The number of aromatic amines is 1. The maximum Gasteiger partial charge on any atom is 0.145 e. The predicted octanol–water partition coefficient (Wildman–Crippen LogP) is 3.59. The highest BCUT2D eigenvalue weighted by molar-refractivity contribution is 7.99. The van der Waals surface area contributed by atoms with Crippen molar-refractivity contribution in [1.29, 1.82) is 0 Å². The minimum atomic E-state index is 0.264. The minimum Gasteiger partial charge on any atom is -0.488 e. The highest BCUT2D eigenvalue weighted by Gasteiger charge is 2.17. The lowest BCUT2D eigenvalue weighted by molar-refractivity contribution is 0.211. The standard InChI is InChI=1S/C14H16ClN3OS/c15-11-6-9(12-7-14(16)18-17-12)3-4-13(11)19-10-2-1-5-20-8-10/h3-4,6-7,10H,1-2,5,8H2,(H3,16,17,18). The number of nitrogens with one attached hydrogen (secondary N) is 1. The molecule has 1 saturated heterocycles. The van der Waals surface area contributed by atoms with Crippen LogP contribution in [0.15, 0.2) is 24.3 Å². The molecule has 1 unspecified atom stereocenters.